The number of carbonyl (C=O) groups excluding carboxylic acids is 1. The van der Waals surface area contributed by atoms with Gasteiger partial charge in [-0.15, -0.1) is 0 Å². The highest BCUT2D eigenvalue weighted by atomic mass is 31.8. The molecule has 0 atom stereocenters. The van der Waals surface area contributed by atoms with Crippen LogP contribution in [0, 0.1) is 0 Å². The number of hydrogen-bond acceptors (Lipinski definition) is 1. The first-order valence-corrected chi connectivity index (χ1v) is 5.97. The summed E-state index contributed by atoms with van der Waals surface area (Å²) in [5.74, 6) is -0.167. The van der Waals surface area contributed by atoms with Gasteiger partial charge in [0.25, 0.3) is 0 Å². The van der Waals surface area contributed by atoms with Crippen LogP contribution in [0.5, 0.6) is 0 Å². The van der Waals surface area contributed by atoms with Crippen molar-refractivity contribution >= 4 is 21.4 Å². The van der Waals surface area contributed by atoms with Crippen LogP contribution >= 0.6 is 15.5 Å². The van der Waals surface area contributed by atoms with Crippen molar-refractivity contribution in [3.8, 4) is 0 Å². The van der Waals surface area contributed by atoms with Crippen LogP contribution in [0.4, 0.5) is 0 Å². The second-order valence-electron chi connectivity index (χ2n) is 1.94. The van der Waals surface area contributed by atoms with Crippen LogP contribution in [0.25, 0.3) is 0 Å². The Morgan fingerprint density at radius 1 is 1.70 bits per heavy atom. The second-order valence-corrected chi connectivity index (χ2v) is 5.99. The van der Waals surface area contributed by atoms with Crippen LogP contribution < -0.4 is 5.32 Å². The molecular formula is C4H11NO3P2. The lowest BCUT2D eigenvalue weighted by atomic mass is 10.6. The van der Waals surface area contributed by atoms with E-state index in [1.807, 2.05) is 0 Å². The van der Waals surface area contributed by atoms with Gasteiger partial charge in [-0.2, -0.15) is 0 Å². The summed E-state index contributed by atoms with van der Waals surface area (Å²) in [5, 5.41) is 2.44. The maximum Gasteiger partial charge on any atom is 0.216 e. The summed E-state index contributed by atoms with van der Waals surface area (Å²) in [7, 11) is -0.133. The largest absolute Gasteiger partial charge is 0.356 e. The van der Waals surface area contributed by atoms with Crippen LogP contribution in [0.15, 0.2) is 0 Å². The first kappa shape index (κ1) is 10.1. The molecular weight excluding hydrogens is 172 g/mol. The number of hydrogen-bond donors (Lipinski definition) is 3. The van der Waals surface area contributed by atoms with Gasteiger partial charge in [0.15, 0.2) is 0 Å². The van der Waals surface area contributed by atoms with Crippen molar-refractivity contribution in [2.75, 3.05) is 12.7 Å². The average Bonchev–Trinajstić information content (AvgIpc) is 1.59. The van der Waals surface area contributed by atoms with Gasteiger partial charge in [-0.25, -0.2) is 0 Å². The summed E-state index contributed by atoms with van der Waals surface area (Å²) >= 11 is 0. The minimum Gasteiger partial charge on any atom is -0.356 e. The summed E-state index contributed by atoms with van der Waals surface area (Å²) in [6.45, 7) is 1.67. The van der Waals surface area contributed by atoms with E-state index >= 15 is 0 Å². The molecule has 0 saturated heterocycles. The first-order chi connectivity index (χ1) is 4.42. The van der Waals surface area contributed by atoms with Gasteiger partial charge in [0.2, 0.25) is 5.91 Å². The highest BCUT2D eigenvalue weighted by Gasteiger charge is 2.03. The molecule has 0 bridgehead atoms. The van der Waals surface area contributed by atoms with Crippen molar-refractivity contribution in [3.05, 3.63) is 0 Å². The zero-order valence-electron chi connectivity index (χ0n) is 5.66. The van der Waals surface area contributed by atoms with Crippen molar-refractivity contribution < 1.29 is 14.6 Å². The van der Waals surface area contributed by atoms with Gasteiger partial charge in [-0.3, -0.25) is 4.79 Å². The minimum absolute atomic E-state index is 0.167. The number of rotatable bonds is 3. The molecule has 0 radical (unpaired) electrons. The third kappa shape index (κ3) is 8.12. The molecule has 1 amide bonds. The normalized spacial score (nSPS) is 11.1. The zero-order chi connectivity index (χ0) is 8.20. The van der Waals surface area contributed by atoms with E-state index in [4.69, 9.17) is 9.79 Å². The molecule has 0 aromatic carbocycles. The molecule has 60 valence electrons. The number of carbonyl (C=O) groups is 1. The van der Waals surface area contributed by atoms with Crippen molar-refractivity contribution in [2.45, 2.75) is 6.92 Å². The third-order valence-electron chi connectivity index (χ3n) is 0.798. The van der Waals surface area contributed by atoms with E-state index in [-0.39, 0.29) is 12.1 Å². The molecule has 4 nitrogen and oxygen atoms in total. The van der Waals surface area contributed by atoms with Crippen LogP contribution in [-0.2, 0) is 4.79 Å². The van der Waals surface area contributed by atoms with Crippen molar-refractivity contribution in [1.82, 2.24) is 5.32 Å². The van der Waals surface area contributed by atoms with Gasteiger partial charge in [0.05, 0.1) is 0 Å². The fourth-order valence-corrected chi connectivity index (χ4v) is 1.15. The molecule has 0 saturated carbocycles. The van der Waals surface area contributed by atoms with Crippen LogP contribution in [0.1, 0.15) is 6.92 Å². The standard InChI is InChI=1S/C4H11NO3P2/c1-4(6)5-2-3-10(7,8)9/h7-9H,2-3H2,1H3,(H,5,6). The Hall–Kier alpha value is 0.120. The third-order valence-corrected chi connectivity index (χ3v) is 2.32. The number of amides is 1. The Morgan fingerprint density at radius 3 is 2.50 bits per heavy atom. The lowest BCUT2D eigenvalue weighted by molar-refractivity contribution is -0.118. The van der Waals surface area contributed by atoms with Gasteiger partial charge >= 0.3 is 0 Å². The predicted molar refractivity (Wildman–Crippen MR) is 43.2 cm³/mol. The molecule has 3 N–H and O–H groups in total. The maximum atomic E-state index is 10.3. The molecule has 0 aromatic rings. The quantitative estimate of drug-likeness (QED) is 0.540. The summed E-state index contributed by atoms with van der Waals surface area (Å²) < 4.78 is 0. The van der Waals surface area contributed by atoms with E-state index < -0.39 is 7.00 Å². The Bertz CT molecular complexity index is 164. The van der Waals surface area contributed by atoms with Crippen molar-refractivity contribution in [2.24, 2.45) is 0 Å². The van der Waals surface area contributed by atoms with Crippen LogP contribution in [0.3, 0.4) is 0 Å². The van der Waals surface area contributed by atoms with Crippen molar-refractivity contribution in [1.29, 1.82) is 0 Å². The highest BCUT2D eigenvalue weighted by Crippen LogP contribution is 2.40. The van der Waals surface area contributed by atoms with E-state index in [1.54, 1.807) is 0 Å². The summed E-state index contributed by atoms with van der Waals surface area (Å²) in [5.41, 5.74) is 0. The smallest absolute Gasteiger partial charge is 0.216 e. The molecule has 0 aromatic heterocycles. The predicted octanol–water partition coefficient (Wildman–Crippen LogP) is 0.0125. The number of nitrogens with one attached hydrogen (secondary N) is 1. The van der Waals surface area contributed by atoms with Crippen LogP contribution in [0.2, 0.25) is 0 Å². The van der Waals surface area contributed by atoms with Gasteiger partial charge < -0.3 is 15.1 Å². The summed E-state index contributed by atoms with van der Waals surface area (Å²) in [4.78, 5) is 27.8. The first-order valence-electron chi connectivity index (χ1n) is 2.75. The van der Waals surface area contributed by atoms with Gasteiger partial charge in [-0.1, -0.05) is 8.53 Å². The molecule has 0 unspecified atom stereocenters. The summed E-state index contributed by atoms with van der Waals surface area (Å²) in [6.07, 6.45) is 0.170. The van der Waals surface area contributed by atoms with E-state index in [2.05, 4.69) is 13.8 Å². The monoisotopic (exact) mass is 183 g/mol. The van der Waals surface area contributed by atoms with E-state index in [0.29, 0.717) is 6.54 Å². The maximum absolute atomic E-state index is 10.3. The fourth-order valence-electron chi connectivity index (χ4n) is 0.388. The molecule has 0 fully saturated rings. The fraction of sp³-hybridized carbons (Fsp3) is 0.750. The molecule has 0 spiro atoms. The van der Waals surface area contributed by atoms with Gasteiger partial charge in [0, 0.05) is 19.6 Å². The Kier molecular flexibility index (Phi) is 4.14. The minimum atomic E-state index is -2.88. The summed E-state index contributed by atoms with van der Waals surface area (Å²) in [6, 6.07) is 0. The average molecular weight is 183 g/mol. The van der Waals surface area contributed by atoms with Gasteiger partial charge in [-0.05, 0) is 0 Å². The molecule has 0 aliphatic heterocycles. The lowest BCUT2D eigenvalue weighted by Crippen LogP contribution is -2.23. The molecule has 0 aliphatic rings. The molecule has 0 aliphatic carbocycles. The van der Waals surface area contributed by atoms with E-state index in [9.17, 15) is 4.79 Å². The Balaban J connectivity index is 3.39. The van der Waals surface area contributed by atoms with Gasteiger partial charge in [0.1, 0.15) is 7.00 Å². The Morgan fingerprint density at radius 2 is 2.20 bits per heavy atom. The highest BCUT2D eigenvalue weighted by molar-refractivity contribution is 7.91. The van der Waals surface area contributed by atoms with E-state index in [0.717, 1.165) is 0 Å². The zero-order valence-corrected chi connectivity index (χ0v) is 7.56. The molecule has 0 rings (SSSR count). The topological polar surface area (TPSA) is 69.6 Å². The second kappa shape index (κ2) is 4.09. The Labute approximate surface area is 61.8 Å². The lowest BCUT2D eigenvalue weighted by Gasteiger charge is -2.07. The molecule has 6 heteroatoms. The molecule has 10 heavy (non-hydrogen) atoms. The van der Waals surface area contributed by atoms with Crippen molar-refractivity contribution in [3.63, 3.8) is 0 Å². The van der Waals surface area contributed by atoms with Crippen LogP contribution in [-0.4, -0.2) is 28.4 Å². The van der Waals surface area contributed by atoms with E-state index in [1.165, 1.54) is 6.92 Å². The molecule has 0 heterocycles. The SMILES string of the molecule is CC(=O)NCCP(O)(O)=P.